The van der Waals surface area contributed by atoms with Crippen molar-refractivity contribution in [3.63, 3.8) is 0 Å². The molecule has 0 aliphatic rings. The fourth-order valence-corrected chi connectivity index (χ4v) is 3.89. The van der Waals surface area contributed by atoms with Crippen molar-refractivity contribution in [3.8, 4) is 0 Å². The lowest BCUT2D eigenvalue weighted by Gasteiger charge is -2.23. The first-order chi connectivity index (χ1) is 9.55. The van der Waals surface area contributed by atoms with Gasteiger partial charge in [0.15, 0.2) is 4.60 Å². The molecule has 120 valence electrons. The normalized spacial score (nSPS) is 12.6. The smallest absolute Gasteiger partial charge is 0.303 e. The van der Waals surface area contributed by atoms with Crippen molar-refractivity contribution in [2.75, 3.05) is 6.54 Å². The number of nitrogens with zero attached hydrogens (tertiary/aromatic N) is 3. The molecule has 0 aliphatic carbocycles. The van der Waals surface area contributed by atoms with Gasteiger partial charge in [-0.3, -0.25) is 4.79 Å². The first-order valence-electron chi connectivity index (χ1n) is 6.32. The Bertz CT molecular complexity index is 592. The van der Waals surface area contributed by atoms with E-state index in [1.165, 1.54) is 11.7 Å². The predicted molar refractivity (Wildman–Crippen MR) is 79.2 cm³/mol. The van der Waals surface area contributed by atoms with E-state index in [9.17, 15) is 13.2 Å². The molecule has 0 radical (unpaired) electrons. The second kappa shape index (κ2) is 6.84. The van der Waals surface area contributed by atoms with Crippen molar-refractivity contribution >= 4 is 31.9 Å². The summed E-state index contributed by atoms with van der Waals surface area (Å²) in [5.74, 6) is -0.853. The van der Waals surface area contributed by atoms with Crippen LogP contribution in [0.4, 0.5) is 0 Å². The van der Waals surface area contributed by atoms with Gasteiger partial charge in [0, 0.05) is 20.0 Å². The van der Waals surface area contributed by atoms with Crippen LogP contribution in [0.2, 0.25) is 0 Å². The lowest BCUT2D eigenvalue weighted by Crippen LogP contribution is -2.30. The maximum Gasteiger partial charge on any atom is 0.303 e. The predicted octanol–water partition coefficient (Wildman–Crippen LogP) is 1.14. The maximum absolute atomic E-state index is 12.2. The Morgan fingerprint density at radius 2 is 2.05 bits per heavy atom. The van der Waals surface area contributed by atoms with Crippen LogP contribution in [-0.2, 0) is 21.9 Å². The van der Waals surface area contributed by atoms with E-state index in [2.05, 4.69) is 31.0 Å². The topological polar surface area (TPSA) is 114 Å². The SMILES string of the molecule is Cn1nnc(Br)c1S(=O)(=O)NCCC(C)(C)CCC(=O)O. The Labute approximate surface area is 132 Å². The average molecular weight is 383 g/mol. The molecule has 0 atom stereocenters. The maximum atomic E-state index is 12.2. The van der Waals surface area contributed by atoms with Crippen LogP contribution in [0.25, 0.3) is 0 Å². The third-order valence-electron chi connectivity index (χ3n) is 3.10. The van der Waals surface area contributed by atoms with Crippen molar-refractivity contribution in [2.24, 2.45) is 12.5 Å². The molecular formula is C11H19BrN4O4S. The highest BCUT2D eigenvalue weighted by Gasteiger charge is 2.25. The van der Waals surface area contributed by atoms with Gasteiger partial charge in [-0.1, -0.05) is 19.1 Å². The monoisotopic (exact) mass is 382 g/mol. The van der Waals surface area contributed by atoms with Crippen LogP contribution >= 0.6 is 15.9 Å². The number of aromatic nitrogens is 3. The third-order valence-corrected chi connectivity index (χ3v) is 5.45. The number of halogens is 1. The van der Waals surface area contributed by atoms with Gasteiger partial charge in [-0.15, -0.1) is 5.10 Å². The van der Waals surface area contributed by atoms with E-state index < -0.39 is 16.0 Å². The molecule has 8 nitrogen and oxygen atoms in total. The number of sulfonamides is 1. The molecule has 0 saturated carbocycles. The van der Waals surface area contributed by atoms with Crippen molar-refractivity contribution in [1.29, 1.82) is 0 Å². The highest BCUT2D eigenvalue weighted by atomic mass is 79.9. The van der Waals surface area contributed by atoms with Crippen molar-refractivity contribution in [1.82, 2.24) is 19.7 Å². The summed E-state index contributed by atoms with van der Waals surface area (Å²) in [4.78, 5) is 10.6. The first kappa shape index (κ1) is 18.1. The first-order valence-corrected chi connectivity index (χ1v) is 8.59. The lowest BCUT2D eigenvalue weighted by atomic mass is 9.84. The number of rotatable bonds is 8. The minimum atomic E-state index is -3.71. The van der Waals surface area contributed by atoms with Crippen molar-refractivity contribution in [3.05, 3.63) is 4.60 Å². The molecule has 0 bridgehead atoms. The summed E-state index contributed by atoms with van der Waals surface area (Å²) >= 11 is 3.05. The molecule has 2 N–H and O–H groups in total. The van der Waals surface area contributed by atoms with Gasteiger partial charge >= 0.3 is 5.97 Å². The summed E-state index contributed by atoms with van der Waals surface area (Å²) in [7, 11) is -2.22. The number of carboxylic acid groups (broad SMARTS) is 1. The van der Waals surface area contributed by atoms with Crippen molar-refractivity contribution < 1.29 is 18.3 Å². The van der Waals surface area contributed by atoms with Crippen LogP contribution in [0.15, 0.2) is 9.63 Å². The van der Waals surface area contributed by atoms with Gasteiger partial charge < -0.3 is 5.11 Å². The van der Waals surface area contributed by atoms with E-state index in [0.717, 1.165) is 0 Å². The van der Waals surface area contributed by atoms with Gasteiger partial charge in [0.1, 0.15) is 0 Å². The number of aryl methyl sites for hydroxylation is 1. The standard InChI is InChI=1S/C11H19BrN4O4S/c1-11(2,5-4-8(17)18)6-7-13-21(19,20)10-9(12)14-15-16(10)3/h13H,4-7H2,1-3H3,(H,17,18). The fourth-order valence-electron chi connectivity index (χ4n) is 1.77. The Balaban J connectivity index is 2.61. The van der Waals surface area contributed by atoms with Gasteiger partial charge in [0.05, 0.1) is 0 Å². The Kier molecular flexibility index (Phi) is 5.88. The molecule has 1 heterocycles. The summed E-state index contributed by atoms with van der Waals surface area (Å²) in [5, 5.41) is 15.9. The average Bonchev–Trinajstić information content (AvgIpc) is 2.66. The van der Waals surface area contributed by atoms with Gasteiger partial charge in [-0.2, -0.15) is 0 Å². The zero-order valence-corrected chi connectivity index (χ0v) is 14.5. The van der Waals surface area contributed by atoms with Crippen LogP contribution in [0.5, 0.6) is 0 Å². The zero-order valence-electron chi connectivity index (χ0n) is 12.1. The van der Waals surface area contributed by atoms with Gasteiger partial charge in [-0.05, 0) is 34.2 Å². The number of carbonyl (C=O) groups is 1. The molecular weight excluding hydrogens is 364 g/mol. The largest absolute Gasteiger partial charge is 0.481 e. The van der Waals surface area contributed by atoms with Crippen LogP contribution in [0, 0.1) is 5.41 Å². The molecule has 0 spiro atoms. The molecule has 0 amide bonds. The molecule has 21 heavy (non-hydrogen) atoms. The van der Waals surface area contributed by atoms with E-state index in [1.54, 1.807) is 0 Å². The number of carboxylic acids is 1. The Hall–Kier alpha value is -1.00. The van der Waals surface area contributed by atoms with Crippen LogP contribution in [-0.4, -0.2) is 41.0 Å². The Morgan fingerprint density at radius 3 is 2.52 bits per heavy atom. The molecule has 0 aliphatic heterocycles. The van der Waals surface area contributed by atoms with Gasteiger partial charge in [0.25, 0.3) is 10.0 Å². The summed E-state index contributed by atoms with van der Waals surface area (Å²) in [5.41, 5.74) is -0.261. The highest BCUT2D eigenvalue weighted by molar-refractivity contribution is 9.10. The van der Waals surface area contributed by atoms with Crippen LogP contribution < -0.4 is 4.72 Å². The van der Waals surface area contributed by atoms with Crippen LogP contribution in [0.3, 0.4) is 0 Å². The number of hydrogen-bond acceptors (Lipinski definition) is 5. The summed E-state index contributed by atoms with van der Waals surface area (Å²) in [6.45, 7) is 4.03. The third kappa shape index (κ3) is 5.36. The van der Waals surface area contributed by atoms with E-state index >= 15 is 0 Å². The minimum absolute atomic E-state index is 0.0363. The van der Waals surface area contributed by atoms with Gasteiger partial charge in [-0.25, -0.2) is 17.8 Å². The molecule has 0 saturated heterocycles. The second-order valence-electron chi connectivity index (χ2n) is 5.51. The molecule has 1 aromatic heterocycles. The molecule has 1 rings (SSSR count). The molecule has 0 unspecified atom stereocenters. The fraction of sp³-hybridized carbons (Fsp3) is 0.727. The van der Waals surface area contributed by atoms with Crippen LogP contribution in [0.1, 0.15) is 33.1 Å². The highest BCUT2D eigenvalue weighted by Crippen LogP contribution is 2.26. The molecule has 0 fully saturated rings. The number of nitrogens with one attached hydrogen (secondary N) is 1. The molecule has 10 heteroatoms. The summed E-state index contributed by atoms with van der Waals surface area (Å²) < 4.78 is 28.1. The summed E-state index contributed by atoms with van der Waals surface area (Å²) in [6.07, 6.45) is 1.08. The van der Waals surface area contributed by atoms with Crippen molar-refractivity contribution in [2.45, 2.75) is 38.1 Å². The lowest BCUT2D eigenvalue weighted by molar-refractivity contribution is -0.137. The van der Waals surface area contributed by atoms with E-state index in [1.807, 2.05) is 13.8 Å². The molecule has 1 aromatic rings. The molecule has 0 aromatic carbocycles. The van der Waals surface area contributed by atoms with E-state index in [-0.39, 0.29) is 28.0 Å². The quantitative estimate of drug-likeness (QED) is 0.696. The number of hydrogen-bond donors (Lipinski definition) is 2. The van der Waals surface area contributed by atoms with E-state index in [0.29, 0.717) is 12.8 Å². The Morgan fingerprint density at radius 1 is 1.43 bits per heavy atom. The minimum Gasteiger partial charge on any atom is -0.481 e. The second-order valence-corrected chi connectivity index (χ2v) is 7.95. The summed E-state index contributed by atoms with van der Waals surface area (Å²) in [6, 6.07) is 0. The zero-order chi connectivity index (χ0) is 16.3. The number of aliphatic carboxylic acids is 1. The van der Waals surface area contributed by atoms with Gasteiger partial charge in [0.2, 0.25) is 5.03 Å². The van der Waals surface area contributed by atoms with E-state index in [4.69, 9.17) is 5.11 Å².